The molecule has 5 nitrogen and oxygen atoms in total. The van der Waals surface area contributed by atoms with Crippen molar-refractivity contribution in [3.63, 3.8) is 0 Å². The Bertz CT molecular complexity index is 549. The Morgan fingerprint density at radius 3 is 2.50 bits per heavy atom. The summed E-state index contributed by atoms with van der Waals surface area (Å²) in [5, 5.41) is 3.40. The maximum absolute atomic E-state index is 12.1. The summed E-state index contributed by atoms with van der Waals surface area (Å²) in [6.07, 6.45) is 9.82. The molecule has 0 atom stereocenters. The summed E-state index contributed by atoms with van der Waals surface area (Å²) >= 11 is 0. The van der Waals surface area contributed by atoms with Gasteiger partial charge in [0.1, 0.15) is 0 Å². The predicted octanol–water partition coefficient (Wildman–Crippen LogP) is 2.63. The minimum absolute atomic E-state index is 0.168. The molecule has 2 fully saturated rings. The van der Waals surface area contributed by atoms with Crippen molar-refractivity contribution in [1.29, 1.82) is 0 Å². The zero-order chi connectivity index (χ0) is 15.6. The van der Waals surface area contributed by atoms with Crippen LogP contribution < -0.4 is 5.32 Å². The lowest BCUT2D eigenvalue weighted by molar-refractivity contribution is -0.129. The molecular formula is C17H24N4O. The van der Waals surface area contributed by atoms with Crippen molar-refractivity contribution in [2.24, 2.45) is 5.41 Å². The van der Waals surface area contributed by atoms with E-state index in [1.54, 1.807) is 18.5 Å². The first-order valence-electron chi connectivity index (χ1n) is 8.04. The molecule has 1 amide bonds. The molecule has 0 unspecified atom stereocenters. The van der Waals surface area contributed by atoms with Gasteiger partial charge in [0.2, 0.25) is 11.9 Å². The van der Waals surface area contributed by atoms with E-state index < -0.39 is 0 Å². The zero-order valence-corrected chi connectivity index (χ0v) is 13.4. The third-order valence-corrected chi connectivity index (χ3v) is 4.81. The molecular weight excluding hydrogens is 276 g/mol. The second-order valence-electron chi connectivity index (χ2n) is 6.87. The van der Waals surface area contributed by atoms with Crippen LogP contribution in [0.3, 0.4) is 0 Å². The number of hydrogen-bond acceptors (Lipinski definition) is 4. The van der Waals surface area contributed by atoms with Crippen LogP contribution in [0, 0.1) is 5.41 Å². The van der Waals surface area contributed by atoms with Gasteiger partial charge in [-0.1, -0.05) is 5.57 Å². The van der Waals surface area contributed by atoms with Crippen LogP contribution in [0.25, 0.3) is 0 Å². The van der Waals surface area contributed by atoms with Gasteiger partial charge in [0.15, 0.2) is 0 Å². The van der Waals surface area contributed by atoms with Gasteiger partial charge in [0, 0.05) is 37.6 Å². The molecule has 0 aromatic carbocycles. The molecule has 1 spiro atoms. The van der Waals surface area contributed by atoms with E-state index in [4.69, 9.17) is 0 Å². The lowest BCUT2D eigenvalue weighted by Crippen LogP contribution is -2.52. The third-order valence-electron chi connectivity index (χ3n) is 4.81. The second kappa shape index (κ2) is 6.07. The highest BCUT2D eigenvalue weighted by Crippen LogP contribution is 2.49. The summed E-state index contributed by atoms with van der Waals surface area (Å²) in [5.41, 5.74) is 1.50. The van der Waals surface area contributed by atoms with Crippen molar-refractivity contribution < 1.29 is 4.79 Å². The molecule has 1 aromatic rings. The van der Waals surface area contributed by atoms with E-state index in [2.05, 4.69) is 15.3 Å². The standard InChI is InChI=1S/C17H24N4O/c1-13(2)10-15(22)21-8-4-17(5-9-21)11-14(12-17)20-16-18-6-3-7-19-16/h3,6-7,10,14H,4-5,8-9,11-12H2,1-2H3,(H,18,19,20). The summed E-state index contributed by atoms with van der Waals surface area (Å²) in [7, 11) is 0. The molecule has 1 saturated heterocycles. The van der Waals surface area contributed by atoms with Crippen LogP contribution in [-0.2, 0) is 4.79 Å². The molecule has 1 aliphatic carbocycles. The van der Waals surface area contributed by atoms with E-state index in [9.17, 15) is 4.79 Å². The third kappa shape index (κ3) is 3.29. The fourth-order valence-electron chi connectivity index (χ4n) is 3.59. The van der Waals surface area contributed by atoms with Crippen LogP contribution in [0.2, 0.25) is 0 Å². The van der Waals surface area contributed by atoms with Crippen molar-refractivity contribution in [1.82, 2.24) is 14.9 Å². The molecule has 0 bridgehead atoms. The predicted molar refractivity (Wildman–Crippen MR) is 86.4 cm³/mol. The number of likely N-dealkylation sites (tertiary alicyclic amines) is 1. The van der Waals surface area contributed by atoms with Gasteiger partial charge in [-0.2, -0.15) is 0 Å². The van der Waals surface area contributed by atoms with E-state index in [-0.39, 0.29) is 5.91 Å². The minimum atomic E-state index is 0.168. The van der Waals surface area contributed by atoms with E-state index >= 15 is 0 Å². The number of carbonyl (C=O) groups is 1. The number of carbonyl (C=O) groups excluding carboxylic acids is 1. The van der Waals surface area contributed by atoms with E-state index in [0.29, 0.717) is 11.5 Å². The Morgan fingerprint density at radius 2 is 1.91 bits per heavy atom. The fraction of sp³-hybridized carbons (Fsp3) is 0.588. The van der Waals surface area contributed by atoms with Gasteiger partial charge in [0.05, 0.1) is 0 Å². The number of allylic oxidation sites excluding steroid dienone is 1. The van der Waals surface area contributed by atoms with Gasteiger partial charge in [-0.15, -0.1) is 0 Å². The van der Waals surface area contributed by atoms with Crippen LogP contribution in [0.5, 0.6) is 0 Å². The largest absolute Gasteiger partial charge is 0.351 e. The number of piperidine rings is 1. The first-order chi connectivity index (χ1) is 10.6. The smallest absolute Gasteiger partial charge is 0.246 e. The van der Waals surface area contributed by atoms with Crippen LogP contribution in [0.4, 0.5) is 5.95 Å². The van der Waals surface area contributed by atoms with Gasteiger partial charge in [0.25, 0.3) is 0 Å². The lowest BCUT2D eigenvalue weighted by Gasteiger charge is -2.52. The Labute approximate surface area is 131 Å². The van der Waals surface area contributed by atoms with Gasteiger partial charge < -0.3 is 10.2 Å². The number of hydrogen-bond donors (Lipinski definition) is 1. The SMILES string of the molecule is CC(C)=CC(=O)N1CCC2(CC1)CC(Nc1ncccn1)C2. The average Bonchev–Trinajstić information content (AvgIpc) is 2.46. The topological polar surface area (TPSA) is 58.1 Å². The molecule has 3 rings (SSSR count). The van der Waals surface area contributed by atoms with Crippen LogP contribution in [0.1, 0.15) is 39.5 Å². The van der Waals surface area contributed by atoms with Gasteiger partial charge in [-0.05, 0) is 51.0 Å². The highest BCUT2D eigenvalue weighted by Gasteiger charge is 2.46. The number of amides is 1. The van der Waals surface area contributed by atoms with Crippen molar-refractivity contribution in [3.8, 4) is 0 Å². The summed E-state index contributed by atoms with van der Waals surface area (Å²) in [6, 6.07) is 2.30. The normalized spacial score (nSPS) is 20.4. The Morgan fingerprint density at radius 1 is 1.27 bits per heavy atom. The molecule has 1 N–H and O–H groups in total. The van der Waals surface area contributed by atoms with Gasteiger partial charge >= 0.3 is 0 Å². The van der Waals surface area contributed by atoms with E-state index in [1.165, 1.54) is 0 Å². The summed E-state index contributed by atoms with van der Waals surface area (Å²) < 4.78 is 0. The summed E-state index contributed by atoms with van der Waals surface area (Å²) in [6.45, 7) is 5.71. The van der Waals surface area contributed by atoms with Gasteiger partial charge in [-0.3, -0.25) is 4.79 Å². The number of nitrogens with one attached hydrogen (secondary N) is 1. The highest BCUT2D eigenvalue weighted by atomic mass is 16.2. The highest BCUT2D eigenvalue weighted by molar-refractivity contribution is 5.88. The van der Waals surface area contributed by atoms with E-state index in [0.717, 1.165) is 50.3 Å². The molecule has 1 aliphatic heterocycles. The molecule has 5 heteroatoms. The molecule has 1 aromatic heterocycles. The average molecular weight is 300 g/mol. The number of anilines is 1. The quantitative estimate of drug-likeness (QED) is 0.872. The first kappa shape index (κ1) is 15.0. The molecule has 118 valence electrons. The molecule has 22 heavy (non-hydrogen) atoms. The fourth-order valence-corrected chi connectivity index (χ4v) is 3.59. The lowest BCUT2D eigenvalue weighted by atomic mass is 9.60. The summed E-state index contributed by atoms with van der Waals surface area (Å²) in [4.78, 5) is 22.5. The van der Waals surface area contributed by atoms with Crippen LogP contribution in [-0.4, -0.2) is 39.9 Å². The maximum Gasteiger partial charge on any atom is 0.246 e. The van der Waals surface area contributed by atoms with Crippen LogP contribution >= 0.6 is 0 Å². The van der Waals surface area contributed by atoms with Gasteiger partial charge in [-0.25, -0.2) is 9.97 Å². The molecule has 0 radical (unpaired) electrons. The Hall–Kier alpha value is -1.91. The van der Waals surface area contributed by atoms with Crippen molar-refractivity contribution in [2.45, 2.75) is 45.6 Å². The minimum Gasteiger partial charge on any atom is -0.351 e. The van der Waals surface area contributed by atoms with Crippen molar-refractivity contribution in [3.05, 3.63) is 30.1 Å². The number of aromatic nitrogens is 2. The number of rotatable bonds is 3. The van der Waals surface area contributed by atoms with Crippen LogP contribution in [0.15, 0.2) is 30.1 Å². The summed E-state index contributed by atoms with van der Waals surface area (Å²) in [5.74, 6) is 0.889. The van der Waals surface area contributed by atoms with Crippen molar-refractivity contribution in [2.75, 3.05) is 18.4 Å². The molecule has 1 saturated carbocycles. The van der Waals surface area contributed by atoms with E-state index in [1.807, 2.05) is 24.8 Å². The zero-order valence-electron chi connectivity index (χ0n) is 13.4. The molecule has 2 heterocycles. The Balaban J connectivity index is 1.47. The molecule has 2 aliphatic rings. The Kier molecular flexibility index (Phi) is 4.14. The maximum atomic E-state index is 12.1. The monoisotopic (exact) mass is 300 g/mol. The van der Waals surface area contributed by atoms with Crippen molar-refractivity contribution >= 4 is 11.9 Å². The second-order valence-corrected chi connectivity index (χ2v) is 6.87. The number of nitrogens with zero attached hydrogens (tertiary/aromatic N) is 3. The first-order valence-corrected chi connectivity index (χ1v) is 8.04.